The Morgan fingerprint density at radius 1 is 0.652 bits per heavy atom. The van der Waals surface area contributed by atoms with Crippen molar-refractivity contribution in [1.82, 2.24) is 0 Å². The Morgan fingerprint density at radius 3 is 1.74 bits per heavy atom. The van der Waals surface area contributed by atoms with E-state index < -0.39 is 0 Å². The van der Waals surface area contributed by atoms with Crippen molar-refractivity contribution >= 4 is 0 Å². The highest BCUT2D eigenvalue weighted by atomic mass is 16.3. The molecule has 132 valence electrons. The Hall–Kier alpha value is -0.980. The summed E-state index contributed by atoms with van der Waals surface area (Å²) in [6, 6.07) is 3.97. The summed E-state index contributed by atoms with van der Waals surface area (Å²) >= 11 is 0. The van der Waals surface area contributed by atoms with Crippen LogP contribution in [0.5, 0.6) is 5.75 Å². The fourth-order valence-electron chi connectivity index (χ4n) is 3.41. The number of hydrogen-bond donors (Lipinski definition) is 1. The normalized spacial score (nSPS) is 11.1. The van der Waals surface area contributed by atoms with Gasteiger partial charge in [0.1, 0.15) is 5.75 Å². The zero-order valence-corrected chi connectivity index (χ0v) is 15.8. The van der Waals surface area contributed by atoms with E-state index in [9.17, 15) is 5.11 Å². The van der Waals surface area contributed by atoms with Crippen molar-refractivity contribution in [3.05, 3.63) is 28.8 Å². The number of phenols is 1. The number of aromatic hydroxyl groups is 1. The maximum absolute atomic E-state index is 10.3. The highest BCUT2D eigenvalue weighted by molar-refractivity contribution is 5.44. The smallest absolute Gasteiger partial charge is 0.119 e. The van der Waals surface area contributed by atoms with Gasteiger partial charge in [-0.2, -0.15) is 0 Å². The van der Waals surface area contributed by atoms with Crippen LogP contribution in [-0.2, 0) is 12.8 Å². The lowest BCUT2D eigenvalue weighted by Crippen LogP contribution is -1.99. The zero-order valence-electron chi connectivity index (χ0n) is 15.8. The Morgan fingerprint density at radius 2 is 1.13 bits per heavy atom. The second-order valence-electron chi connectivity index (χ2n) is 7.04. The van der Waals surface area contributed by atoms with E-state index in [2.05, 4.69) is 26.8 Å². The lowest BCUT2D eigenvalue weighted by atomic mass is 9.92. The number of rotatable bonds is 13. The van der Waals surface area contributed by atoms with Gasteiger partial charge in [-0.25, -0.2) is 0 Å². The molecule has 0 saturated carbocycles. The molecule has 1 aromatic rings. The van der Waals surface area contributed by atoms with E-state index in [-0.39, 0.29) is 0 Å². The van der Waals surface area contributed by atoms with Gasteiger partial charge in [0, 0.05) is 0 Å². The van der Waals surface area contributed by atoms with E-state index in [0.717, 1.165) is 12.8 Å². The number of benzene rings is 1. The molecule has 0 aliphatic heterocycles. The third kappa shape index (κ3) is 7.90. The molecule has 1 heteroatoms. The van der Waals surface area contributed by atoms with Gasteiger partial charge >= 0.3 is 0 Å². The van der Waals surface area contributed by atoms with Gasteiger partial charge in [0.05, 0.1) is 0 Å². The zero-order chi connectivity index (χ0) is 16.9. The number of phenolic OH excluding ortho intramolecular Hbond substituents is 1. The first-order valence-electron chi connectivity index (χ1n) is 10.0. The van der Waals surface area contributed by atoms with Crippen molar-refractivity contribution in [2.24, 2.45) is 0 Å². The summed E-state index contributed by atoms with van der Waals surface area (Å²) in [6.07, 6.45) is 16.7. The van der Waals surface area contributed by atoms with Crippen LogP contribution in [-0.4, -0.2) is 5.11 Å². The second kappa shape index (κ2) is 12.4. The summed E-state index contributed by atoms with van der Waals surface area (Å²) in [4.78, 5) is 0. The third-order valence-electron chi connectivity index (χ3n) is 4.95. The third-order valence-corrected chi connectivity index (χ3v) is 4.95. The van der Waals surface area contributed by atoms with Crippen LogP contribution >= 0.6 is 0 Å². The minimum atomic E-state index is 0.520. The maximum Gasteiger partial charge on any atom is 0.119 e. The van der Waals surface area contributed by atoms with E-state index in [1.54, 1.807) is 0 Å². The topological polar surface area (TPSA) is 20.2 Å². The molecule has 0 aliphatic rings. The van der Waals surface area contributed by atoms with Crippen molar-refractivity contribution in [2.75, 3.05) is 0 Å². The fraction of sp³-hybridized carbons (Fsp3) is 0.727. The molecule has 1 nitrogen and oxygen atoms in total. The van der Waals surface area contributed by atoms with E-state index in [4.69, 9.17) is 0 Å². The Labute approximate surface area is 144 Å². The highest BCUT2D eigenvalue weighted by Gasteiger charge is 2.10. The Balaban J connectivity index is 2.47. The quantitative estimate of drug-likeness (QED) is 0.384. The van der Waals surface area contributed by atoms with Crippen LogP contribution in [0.2, 0.25) is 0 Å². The number of unbranched alkanes of at least 4 members (excludes halogenated alkanes) is 9. The largest absolute Gasteiger partial charge is 0.508 e. The molecule has 0 radical (unpaired) electrons. The molecule has 0 unspecified atom stereocenters. The average molecular weight is 319 g/mol. The van der Waals surface area contributed by atoms with E-state index in [0.29, 0.717) is 5.75 Å². The first-order chi connectivity index (χ1) is 11.2. The Kier molecular flexibility index (Phi) is 10.9. The van der Waals surface area contributed by atoms with E-state index in [1.165, 1.54) is 87.3 Å². The molecular weight excluding hydrogens is 280 g/mol. The predicted molar refractivity (Wildman–Crippen MR) is 102 cm³/mol. The van der Waals surface area contributed by atoms with Crippen molar-refractivity contribution in [2.45, 2.75) is 104 Å². The molecule has 0 fully saturated rings. The van der Waals surface area contributed by atoms with Crippen molar-refractivity contribution in [1.29, 1.82) is 0 Å². The second-order valence-corrected chi connectivity index (χ2v) is 7.04. The van der Waals surface area contributed by atoms with Gasteiger partial charge in [0.25, 0.3) is 0 Å². The fourth-order valence-corrected chi connectivity index (χ4v) is 3.41. The summed E-state index contributed by atoms with van der Waals surface area (Å²) in [5, 5.41) is 10.3. The maximum atomic E-state index is 10.3. The molecule has 0 heterocycles. The first kappa shape index (κ1) is 20.1. The van der Waals surface area contributed by atoms with Crippen LogP contribution < -0.4 is 0 Å². The lowest BCUT2D eigenvalue weighted by molar-refractivity contribution is 0.464. The molecule has 0 spiro atoms. The van der Waals surface area contributed by atoms with Crippen LogP contribution in [0.1, 0.15) is 101 Å². The van der Waals surface area contributed by atoms with Gasteiger partial charge in [-0.3, -0.25) is 0 Å². The average Bonchev–Trinajstić information content (AvgIpc) is 2.55. The Bertz CT molecular complexity index is 422. The molecular formula is C22H38O. The minimum Gasteiger partial charge on any atom is -0.508 e. The van der Waals surface area contributed by atoms with Crippen LogP contribution in [0.25, 0.3) is 0 Å². The van der Waals surface area contributed by atoms with E-state index >= 15 is 0 Å². The number of aryl methyl sites for hydroxylation is 1. The van der Waals surface area contributed by atoms with Gasteiger partial charge in [0.15, 0.2) is 0 Å². The number of hydrogen-bond acceptors (Lipinski definition) is 1. The molecule has 0 saturated heterocycles. The lowest BCUT2D eigenvalue weighted by Gasteiger charge is -2.15. The molecule has 0 amide bonds. The van der Waals surface area contributed by atoms with Crippen molar-refractivity contribution < 1.29 is 5.11 Å². The predicted octanol–water partition coefficient (Wildman–Crippen LogP) is 7.12. The first-order valence-corrected chi connectivity index (χ1v) is 10.0. The van der Waals surface area contributed by atoms with Crippen LogP contribution in [0, 0.1) is 6.92 Å². The summed E-state index contributed by atoms with van der Waals surface area (Å²) < 4.78 is 0. The van der Waals surface area contributed by atoms with Crippen LogP contribution in [0.3, 0.4) is 0 Å². The van der Waals surface area contributed by atoms with Crippen molar-refractivity contribution in [3.8, 4) is 5.75 Å². The van der Waals surface area contributed by atoms with Gasteiger partial charge in [-0.15, -0.1) is 0 Å². The van der Waals surface area contributed by atoms with Crippen LogP contribution in [0.15, 0.2) is 12.1 Å². The van der Waals surface area contributed by atoms with E-state index in [1.807, 2.05) is 6.07 Å². The molecule has 1 rings (SSSR count). The van der Waals surface area contributed by atoms with Gasteiger partial charge in [-0.1, -0.05) is 77.7 Å². The van der Waals surface area contributed by atoms with Gasteiger partial charge in [-0.05, 0) is 55.4 Å². The molecule has 1 N–H and O–H groups in total. The summed E-state index contributed by atoms with van der Waals surface area (Å²) in [6.45, 7) is 6.72. The molecule has 0 atom stereocenters. The monoisotopic (exact) mass is 318 g/mol. The SMILES string of the molecule is CCCCCCCCCc1c(O)ccc(C)c1CCCCCC. The van der Waals surface area contributed by atoms with Gasteiger partial charge < -0.3 is 5.11 Å². The van der Waals surface area contributed by atoms with Gasteiger partial charge in [0.2, 0.25) is 0 Å². The molecule has 23 heavy (non-hydrogen) atoms. The standard InChI is InChI=1S/C22H38O/c1-4-6-8-10-11-12-14-16-21-20(15-13-9-7-5-2)19(3)17-18-22(21)23/h17-18,23H,4-16H2,1-3H3. The molecule has 0 bridgehead atoms. The minimum absolute atomic E-state index is 0.520. The highest BCUT2D eigenvalue weighted by Crippen LogP contribution is 2.28. The summed E-state index contributed by atoms with van der Waals surface area (Å²) in [5.41, 5.74) is 4.01. The molecule has 0 aliphatic carbocycles. The summed E-state index contributed by atoms with van der Waals surface area (Å²) in [7, 11) is 0. The molecule has 0 aromatic heterocycles. The van der Waals surface area contributed by atoms with Crippen molar-refractivity contribution in [3.63, 3.8) is 0 Å². The van der Waals surface area contributed by atoms with Crippen LogP contribution in [0.4, 0.5) is 0 Å². The summed E-state index contributed by atoms with van der Waals surface area (Å²) in [5.74, 6) is 0.520. The molecule has 1 aromatic carbocycles.